The van der Waals surface area contributed by atoms with Crippen LogP contribution in [0.15, 0.2) is 15.1 Å². The normalized spacial score (nSPS) is 18.7. The van der Waals surface area contributed by atoms with Crippen molar-refractivity contribution in [2.24, 2.45) is 0 Å². The highest BCUT2D eigenvalue weighted by Crippen LogP contribution is 2.22. The minimum absolute atomic E-state index is 0.159. The summed E-state index contributed by atoms with van der Waals surface area (Å²) in [5, 5.41) is 8.13. The summed E-state index contributed by atoms with van der Waals surface area (Å²) in [4.78, 5) is 9.31. The van der Waals surface area contributed by atoms with E-state index in [9.17, 15) is 0 Å². The van der Waals surface area contributed by atoms with Gasteiger partial charge in [0.25, 0.3) is 0 Å². The van der Waals surface area contributed by atoms with Gasteiger partial charge in [0.15, 0.2) is 5.82 Å². The van der Waals surface area contributed by atoms with Gasteiger partial charge >= 0.3 is 0 Å². The number of nitrogens with zero attached hydrogens (tertiary/aromatic N) is 5. The molecule has 2 aromatic rings. The predicted octanol–water partition coefficient (Wildman–Crippen LogP) is 2.37. The molecular weight excluding hydrogens is 294 g/mol. The fourth-order valence-electron chi connectivity index (χ4n) is 2.84. The summed E-state index contributed by atoms with van der Waals surface area (Å²) in [6, 6.07) is 2.16. The molecule has 0 unspecified atom stereocenters. The first-order valence-electron chi connectivity index (χ1n) is 8.25. The smallest absolute Gasteiger partial charge is 0.243 e. The van der Waals surface area contributed by atoms with E-state index in [0.29, 0.717) is 11.8 Å². The molecule has 0 radical (unpaired) electrons. The van der Waals surface area contributed by atoms with E-state index in [1.165, 1.54) is 0 Å². The van der Waals surface area contributed by atoms with Crippen molar-refractivity contribution in [3.8, 4) is 0 Å². The molecular formula is C16H25N5O2. The van der Waals surface area contributed by atoms with Gasteiger partial charge in [0.05, 0.1) is 11.7 Å². The lowest BCUT2D eigenvalue weighted by Gasteiger charge is -2.36. The van der Waals surface area contributed by atoms with Crippen LogP contribution in [-0.4, -0.2) is 51.3 Å². The van der Waals surface area contributed by atoms with Crippen LogP contribution in [0, 0.1) is 6.92 Å². The molecule has 1 atom stereocenters. The lowest BCUT2D eigenvalue weighted by molar-refractivity contribution is 0.0833. The van der Waals surface area contributed by atoms with Gasteiger partial charge in [-0.05, 0) is 13.8 Å². The van der Waals surface area contributed by atoms with Crippen molar-refractivity contribution in [1.82, 2.24) is 25.1 Å². The highest BCUT2D eigenvalue weighted by atomic mass is 16.5. The Morgan fingerprint density at radius 1 is 1.09 bits per heavy atom. The maximum atomic E-state index is 5.43. The van der Waals surface area contributed by atoms with E-state index in [2.05, 4.69) is 45.9 Å². The van der Waals surface area contributed by atoms with Crippen LogP contribution in [0.3, 0.4) is 0 Å². The molecule has 126 valence electrons. The van der Waals surface area contributed by atoms with Gasteiger partial charge in [-0.3, -0.25) is 9.80 Å². The molecule has 0 bridgehead atoms. The molecule has 0 aromatic carbocycles. The zero-order valence-corrected chi connectivity index (χ0v) is 14.3. The standard InChI is InChI=1S/C16H25N5O2/c1-11(2)15-17-16(23-19-15)13(4)21-7-5-20(6-8-21)10-14-9-12(3)22-18-14/h9,11,13H,5-8,10H2,1-4H3/t13-/m1/s1. The number of hydrogen-bond acceptors (Lipinski definition) is 7. The number of aryl methyl sites for hydroxylation is 1. The van der Waals surface area contributed by atoms with Gasteiger partial charge in [-0.2, -0.15) is 4.98 Å². The maximum absolute atomic E-state index is 5.43. The molecule has 1 aliphatic heterocycles. The first-order chi connectivity index (χ1) is 11.0. The summed E-state index contributed by atoms with van der Waals surface area (Å²) in [5.74, 6) is 2.66. The number of aromatic nitrogens is 3. The van der Waals surface area contributed by atoms with E-state index < -0.39 is 0 Å². The number of rotatable bonds is 5. The van der Waals surface area contributed by atoms with Crippen molar-refractivity contribution >= 4 is 0 Å². The highest BCUT2D eigenvalue weighted by molar-refractivity contribution is 5.03. The maximum Gasteiger partial charge on any atom is 0.243 e. The molecule has 3 rings (SSSR count). The zero-order chi connectivity index (χ0) is 16.4. The van der Waals surface area contributed by atoms with E-state index in [1.807, 2.05) is 13.0 Å². The second-order valence-corrected chi connectivity index (χ2v) is 6.56. The van der Waals surface area contributed by atoms with Crippen molar-refractivity contribution in [3.63, 3.8) is 0 Å². The van der Waals surface area contributed by atoms with Crippen LogP contribution in [0.4, 0.5) is 0 Å². The van der Waals surface area contributed by atoms with Gasteiger partial charge in [0.1, 0.15) is 5.76 Å². The fraction of sp³-hybridized carbons (Fsp3) is 0.688. The Morgan fingerprint density at radius 2 is 1.83 bits per heavy atom. The van der Waals surface area contributed by atoms with Crippen LogP contribution in [-0.2, 0) is 6.54 Å². The minimum atomic E-state index is 0.159. The van der Waals surface area contributed by atoms with Crippen molar-refractivity contribution in [2.75, 3.05) is 26.2 Å². The minimum Gasteiger partial charge on any atom is -0.361 e. The third kappa shape index (κ3) is 3.79. The topological polar surface area (TPSA) is 71.4 Å². The largest absolute Gasteiger partial charge is 0.361 e. The van der Waals surface area contributed by atoms with Gasteiger partial charge in [0.2, 0.25) is 5.89 Å². The third-order valence-electron chi connectivity index (χ3n) is 4.35. The molecule has 3 heterocycles. The summed E-state index contributed by atoms with van der Waals surface area (Å²) in [7, 11) is 0. The van der Waals surface area contributed by atoms with Crippen LogP contribution in [0.2, 0.25) is 0 Å². The SMILES string of the molecule is Cc1cc(CN2CCN([C@H](C)c3nc(C(C)C)no3)CC2)no1. The lowest BCUT2D eigenvalue weighted by Crippen LogP contribution is -2.46. The summed E-state index contributed by atoms with van der Waals surface area (Å²) in [5.41, 5.74) is 1.00. The van der Waals surface area contributed by atoms with Crippen LogP contribution < -0.4 is 0 Å². The molecule has 7 heteroatoms. The Labute approximate surface area is 136 Å². The Bertz CT molecular complexity index is 628. The number of hydrogen-bond donors (Lipinski definition) is 0. The van der Waals surface area contributed by atoms with Crippen LogP contribution in [0.5, 0.6) is 0 Å². The first kappa shape index (κ1) is 16.1. The van der Waals surface area contributed by atoms with Gasteiger partial charge in [-0.25, -0.2) is 0 Å². The highest BCUT2D eigenvalue weighted by Gasteiger charge is 2.26. The summed E-state index contributed by atoms with van der Waals surface area (Å²) >= 11 is 0. The van der Waals surface area contributed by atoms with Crippen LogP contribution >= 0.6 is 0 Å². The van der Waals surface area contributed by atoms with E-state index in [-0.39, 0.29) is 6.04 Å². The van der Waals surface area contributed by atoms with Gasteiger partial charge in [0, 0.05) is 44.7 Å². The molecule has 2 aromatic heterocycles. The molecule has 0 amide bonds. The van der Waals surface area contributed by atoms with Crippen molar-refractivity contribution in [2.45, 2.75) is 46.2 Å². The molecule has 0 saturated carbocycles. The summed E-state index contributed by atoms with van der Waals surface area (Å²) in [6.07, 6.45) is 0. The number of piperazine rings is 1. The molecule has 0 spiro atoms. The zero-order valence-electron chi connectivity index (χ0n) is 14.3. The van der Waals surface area contributed by atoms with E-state index in [1.54, 1.807) is 0 Å². The molecule has 1 saturated heterocycles. The van der Waals surface area contributed by atoms with Gasteiger partial charge in [-0.15, -0.1) is 0 Å². The quantitative estimate of drug-likeness (QED) is 0.837. The Hall–Kier alpha value is -1.73. The van der Waals surface area contributed by atoms with E-state index in [0.717, 1.165) is 50.0 Å². The van der Waals surface area contributed by atoms with E-state index >= 15 is 0 Å². The molecule has 7 nitrogen and oxygen atoms in total. The lowest BCUT2D eigenvalue weighted by atomic mass is 10.2. The van der Waals surface area contributed by atoms with Crippen molar-refractivity contribution in [1.29, 1.82) is 0 Å². The molecule has 1 aliphatic rings. The molecule has 0 N–H and O–H groups in total. The van der Waals surface area contributed by atoms with Gasteiger partial charge < -0.3 is 9.05 Å². The monoisotopic (exact) mass is 319 g/mol. The summed E-state index contributed by atoms with van der Waals surface area (Å²) in [6.45, 7) is 13.0. The van der Waals surface area contributed by atoms with E-state index in [4.69, 9.17) is 9.05 Å². The third-order valence-corrected chi connectivity index (χ3v) is 4.35. The Kier molecular flexibility index (Phi) is 4.77. The van der Waals surface area contributed by atoms with Crippen molar-refractivity contribution < 1.29 is 9.05 Å². The molecule has 1 fully saturated rings. The van der Waals surface area contributed by atoms with Crippen molar-refractivity contribution in [3.05, 3.63) is 29.2 Å². The van der Waals surface area contributed by atoms with Crippen LogP contribution in [0.1, 0.15) is 55.9 Å². The Balaban J connectivity index is 1.53. The average Bonchev–Trinajstić information content (AvgIpc) is 3.17. The Morgan fingerprint density at radius 3 is 2.39 bits per heavy atom. The first-order valence-corrected chi connectivity index (χ1v) is 8.25. The fourth-order valence-corrected chi connectivity index (χ4v) is 2.84. The second kappa shape index (κ2) is 6.80. The summed E-state index contributed by atoms with van der Waals surface area (Å²) < 4.78 is 10.6. The molecule has 0 aliphatic carbocycles. The van der Waals surface area contributed by atoms with Crippen LogP contribution in [0.25, 0.3) is 0 Å². The van der Waals surface area contributed by atoms with Gasteiger partial charge in [-0.1, -0.05) is 24.2 Å². The predicted molar refractivity (Wildman–Crippen MR) is 84.9 cm³/mol. The average molecular weight is 319 g/mol. The second-order valence-electron chi connectivity index (χ2n) is 6.56. The molecule has 23 heavy (non-hydrogen) atoms.